The van der Waals surface area contributed by atoms with Gasteiger partial charge in [0.2, 0.25) is 5.89 Å². The first kappa shape index (κ1) is 8.20. The zero-order valence-corrected chi connectivity index (χ0v) is 6.74. The Morgan fingerprint density at radius 1 is 1.55 bits per heavy atom. The van der Waals surface area contributed by atoms with Crippen LogP contribution in [0.2, 0.25) is 0 Å². The van der Waals surface area contributed by atoms with E-state index in [1.54, 1.807) is 0 Å². The molecule has 4 nitrogen and oxygen atoms in total. The summed E-state index contributed by atoms with van der Waals surface area (Å²) in [4.78, 5) is 4.06. The van der Waals surface area contributed by atoms with Gasteiger partial charge in [-0.3, -0.25) is 0 Å². The van der Waals surface area contributed by atoms with Gasteiger partial charge in [-0.2, -0.15) is 4.98 Å². The fourth-order valence-corrected chi connectivity index (χ4v) is 0.700. The van der Waals surface area contributed by atoms with Crippen molar-refractivity contribution < 1.29 is 9.63 Å². The Labute approximate surface area is 65.2 Å². The van der Waals surface area contributed by atoms with Crippen molar-refractivity contribution in [2.45, 2.75) is 26.2 Å². The van der Waals surface area contributed by atoms with Crippen LogP contribution in [0.15, 0.2) is 4.52 Å². The van der Waals surface area contributed by atoms with E-state index >= 15 is 0 Å². The molecule has 0 saturated heterocycles. The second kappa shape index (κ2) is 3.48. The van der Waals surface area contributed by atoms with Crippen molar-refractivity contribution in [3.8, 4) is 0 Å². The maximum absolute atomic E-state index is 8.54. The molecule has 0 radical (unpaired) electrons. The summed E-state index contributed by atoms with van der Waals surface area (Å²) in [6.07, 6.45) is 0.444. The van der Waals surface area contributed by atoms with E-state index in [2.05, 4.69) is 10.1 Å². The van der Waals surface area contributed by atoms with Gasteiger partial charge in [0.1, 0.15) is 0 Å². The van der Waals surface area contributed by atoms with Gasteiger partial charge in [-0.15, -0.1) is 0 Å². The summed E-state index contributed by atoms with van der Waals surface area (Å²) in [7, 11) is 0. The van der Waals surface area contributed by atoms with Gasteiger partial charge in [-0.25, -0.2) is 0 Å². The van der Waals surface area contributed by atoms with Gasteiger partial charge in [-0.05, 0) is 0 Å². The highest BCUT2D eigenvalue weighted by molar-refractivity contribution is 4.91. The molecule has 0 aliphatic carbocycles. The van der Waals surface area contributed by atoms with E-state index in [1.165, 1.54) is 0 Å². The molecule has 1 rings (SSSR count). The lowest BCUT2D eigenvalue weighted by Gasteiger charge is -1.91. The van der Waals surface area contributed by atoms with Crippen molar-refractivity contribution in [1.82, 2.24) is 10.1 Å². The second-order valence-electron chi connectivity index (χ2n) is 2.67. The Hall–Kier alpha value is -0.900. The highest BCUT2D eigenvalue weighted by atomic mass is 16.5. The van der Waals surface area contributed by atoms with Gasteiger partial charge in [0.05, 0.1) is 13.0 Å². The molecule has 0 bridgehead atoms. The van der Waals surface area contributed by atoms with Crippen molar-refractivity contribution in [3.63, 3.8) is 0 Å². The van der Waals surface area contributed by atoms with Gasteiger partial charge < -0.3 is 9.63 Å². The predicted molar refractivity (Wildman–Crippen MR) is 39.2 cm³/mol. The Morgan fingerprint density at radius 3 is 2.73 bits per heavy atom. The first-order chi connectivity index (χ1) is 5.24. The third-order valence-electron chi connectivity index (χ3n) is 1.33. The van der Waals surface area contributed by atoms with Gasteiger partial charge in [0.15, 0.2) is 5.82 Å². The minimum Gasteiger partial charge on any atom is -0.396 e. The summed E-state index contributed by atoms with van der Waals surface area (Å²) in [5.74, 6) is 1.50. The minimum atomic E-state index is 0.0553. The Balaban J connectivity index is 2.66. The second-order valence-corrected chi connectivity index (χ2v) is 2.67. The molecule has 0 aliphatic rings. The van der Waals surface area contributed by atoms with E-state index in [0.29, 0.717) is 18.1 Å². The third kappa shape index (κ3) is 2.01. The fraction of sp³-hybridized carbons (Fsp3) is 0.714. The summed E-state index contributed by atoms with van der Waals surface area (Å²) in [5.41, 5.74) is 0. The monoisotopic (exact) mass is 156 g/mol. The van der Waals surface area contributed by atoms with Crippen molar-refractivity contribution in [1.29, 1.82) is 0 Å². The molecule has 0 atom stereocenters. The topological polar surface area (TPSA) is 59.2 Å². The standard InChI is InChI=1S/C7H12N2O2/c1-5(2)7-8-6(3-4-10)11-9-7/h5,10H,3-4H2,1-2H3. The lowest BCUT2D eigenvalue weighted by Crippen LogP contribution is -1.93. The maximum Gasteiger partial charge on any atom is 0.228 e. The van der Waals surface area contributed by atoms with Crippen molar-refractivity contribution in [2.24, 2.45) is 0 Å². The van der Waals surface area contributed by atoms with Crippen LogP contribution >= 0.6 is 0 Å². The zero-order valence-electron chi connectivity index (χ0n) is 6.74. The summed E-state index contributed by atoms with van der Waals surface area (Å²) in [6, 6.07) is 0. The van der Waals surface area contributed by atoms with Crippen molar-refractivity contribution in [2.75, 3.05) is 6.61 Å². The van der Waals surface area contributed by atoms with Gasteiger partial charge in [0.25, 0.3) is 0 Å². The molecule has 0 amide bonds. The predicted octanol–water partition coefficient (Wildman–Crippen LogP) is 0.728. The van der Waals surface area contributed by atoms with Crippen LogP contribution in [0.25, 0.3) is 0 Å². The molecule has 0 aromatic carbocycles. The number of hydrogen-bond donors (Lipinski definition) is 1. The Morgan fingerprint density at radius 2 is 2.27 bits per heavy atom. The summed E-state index contributed by atoms with van der Waals surface area (Å²) < 4.78 is 4.85. The summed E-state index contributed by atoms with van der Waals surface area (Å²) >= 11 is 0. The molecule has 1 N–H and O–H groups in total. The molecule has 62 valence electrons. The molecule has 0 unspecified atom stereocenters. The minimum absolute atomic E-state index is 0.0553. The number of aromatic nitrogens is 2. The molecule has 4 heteroatoms. The van der Waals surface area contributed by atoms with Gasteiger partial charge in [-0.1, -0.05) is 19.0 Å². The van der Waals surface area contributed by atoms with E-state index < -0.39 is 0 Å². The van der Waals surface area contributed by atoms with Crippen LogP contribution < -0.4 is 0 Å². The first-order valence-corrected chi connectivity index (χ1v) is 3.67. The van der Waals surface area contributed by atoms with Gasteiger partial charge >= 0.3 is 0 Å². The smallest absolute Gasteiger partial charge is 0.228 e. The van der Waals surface area contributed by atoms with E-state index in [0.717, 1.165) is 0 Å². The van der Waals surface area contributed by atoms with Crippen LogP contribution in [0.5, 0.6) is 0 Å². The van der Waals surface area contributed by atoms with Crippen LogP contribution in [0.1, 0.15) is 31.5 Å². The number of hydrogen-bond acceptors (Lipinski definition) is 4. The van der Waals surface area contributed by atoms with Crippen LogP contribution in [0.3, 0.4) is 0 Å². The van der Waals surface area contributed by atoms with Crippen molar-refractivity contribution in [3.05, 3.63) is 11.7 Å². The molecular weight excluding hydrogens is 144 g/mol. The molecule has 1 aromatic rings. The Kier molecular flexibility index (Phi) is 2.59. The third-order valence-corrected chi connectivity index (χ3v) is 1.33. The normalized spacial score (nSPS) is 10.9. The average Bonchev–Trinajstić information content (AvgIpc) is 2.37. The lowest BCUT2D eigenvalue weighted by atomic mass is 10.2. The molecule has 1 aromatic heterocycles. The molecule has 0 fully saturated rings. The van der Waals surface area contributed by atoms with Crippen LogP contribution in [0.4, 0.5) is 0 Å². The summed E-state index contributed by atoms with van der Waals surface area (Å²) in [6.45, 7) is 4.04. The largest absolute Gasteiger partial charge is 0.396 e. The van der Waals surface area contributed by atoms with E-state index in [1.807, 2.05) is 13.8 Å². The molecule has 0 saturated carbocycles. The molecular formula is C7H12N2O2. The average molecular weight is 156 g/mol. The fourth-order valence-electron chi connectivity index (χ4n) is 0.700. The molecule has 11 heavy (non-hydrogen) atoms. The maximum atomic E-state index is 8.54. The number of rotatable bonds is 3. The highest BCUT2D eigenvalue weighted by Crippen LogP contribution is 2.09. The van der Waals surface area contributed by atoms with Gasteiger partial charge in [0, 0.05) is 5.92 Å². The van der Waals surface area contributed by atoms with Crippen molar-refractivity contribution >= 4 is 0 Å². The number of aliphatic hydroxyl groups excluding tert-OH is 1. The lowest BCUT2D eigenvalue weighted by molar-refractivity contribution is 0.273. The van der Waals surface area contributed by atoms with E-state index in [9.17, 15) is 0 Å². The number of nitrogens with zero attached hydrogens (tertiary/aromatic N) is 2. The quantitative estimate of drug-likeness (QED) is 0.700. The zero-order chi connectivity index (χ0) is 8.27. The van der Waals surface area contributed by atoms with Crippen LogP contribution in [-0.4, -0.2) is 21.9 Å². The summed E-state index contributed by atoms with van der Waals surface area (Å²) in [5, 5.41) is 12.3. The Bertz CT molecular complexity index is 220. The molecule has 1 heterocycles. The molecule has 0 spiro atoms. The number of aliphatic hydroxyl groups is 1. The first-order valence-electron chi connectivity index (χ1n) is 3.67. The van der Waals surface area contributed by atoms with Crippen LogP contribution in [0, 0.1) is 0 Å². The van der Waals surface area contributed by atoms with Crippen LogP contribution in [-0.2, 0) is 6.42 Å². The molecule has 0 aliphatic heterocycles. The van der Waals surface area contributed by atoms with E-state index in [-0.39, 0.29) is 12.5 Å². The van der Waals surface area contributed by atoms with E-state index in [4.69, 9.17) is 9.63 Å². The SMILES string of the molecule is CC(C)c1noc(CCO)n1. The highest BCUT2D eigenvalue weighted by Gasteiger charge is 2.07.